The van der Waals surface area contributed by atoms with Crippen LogP contribution in [-0.2, 0) is 4.74 Å². The minimum atomic E-state index is -1.20. The standard InChI is InChI=1S/C17H21N3O5/c1-6-19(16(24)25-17(3,4)5)20-10(2)13(15(22)23)12-9-18-8-7-11(12)14(20)21/h7-9H,6H2,1-5H3,(H,22,23). The molecule has 2 rings (SSSR count). The van der Waals surface area contributed by atoms with E-state index in [9.17, 15) is 19.5 Å². The molecule has 2 aromatic heterocycles. The van der Waals surface area contributed by atoms with Gasteiger partial charge < -0.3 is 9.84 Å². The number of carboxylic acid groups (broad SMARTS) is 1. The molecule has 2 heterocycles. The van der Waals surface area contributed by atoms with E-state index in [0.29, 0.717) is 0 Å². The van der Waals surface area contributed by atoms with Gasteiger partial charge in [0.1, 0.15) is 5.60 Å². The van der Waals surface area contributed by atoms with Crippen LogP contribution in [0.2, 0.25) is 0 Å². The highest BCUT2D eigenvalue weighted by Gasteiger charge is 2.27. The van der Waals surface area contributed by atoms with Crippen LogP contribution in [0.5, 0.6) is 0 Å². The fourth-order valence-corrected chi connectivity index (χ4v) is 2.57. The minimum Gasteiger partial charge on any atom is -0.478 e. The summed E-state index contributed by atoms with van der Waals surface area (Å²) in [6, 6.07) is 1.43. The topological polar surface area (TPSA) is 102 Å². The van der Waals surface area contributed by atoms with Gasteiger partial charge in [0.25, 0.3) is 5.56 Å². The largest absolute Gasteiger partial charge is 0.478 e. The van der Waals surface area contributed by atoms with Crippen molar-refractivity contribution in [2.45, 2.75) is 40.2 Å². The number of aromatic carboxylic acids is 1. The zero-order valence-corrected chi connectivity index (χ0v) is 14.9. The molecule has 0 bridgehead atoms. The molecule has 25 heavy (non-hydrogen) atoms. The molecule has 2 aromatic rings. The van der Waals surface area contributed by atoms with Crippen molar-refractivity contribution in [3.63, 3.8) is 0 Å². The Morgan fingerprint density at radius 2 is 1.96 bits per heavy atom. The third-order valence-electron chi connectivity index (χ3n) is 3.55. The van der Waals surface area contributed by atoms with Crippen molar-refractivity contribution in [2.24, 2.45) is 0 Å². The Kier molecular flexibility index (Phi) is 4.82. The number of hydrogen-bond acceptors (Lipinski definition) is 5. The zero-order chi connectivity index (χ0) is 18.9. The first-order chi connectivity index (χ1) is 11.6. The van der Waals surface area contributed by atoms with E-state index in [0.717, 1.165) is 9.69 Å². The van der Waals surface area contributed by atoms with Crippen molar-refractivity contribution in [2.75, 3.05) is 11.6 Å². The molecule has 1 amide bonds. The molecule has 0 saturated carbocycles. The highest BCUT2D eigenvalue weighted by atomic mass is 16.6. The van der Waals surface area contributed by atoms with E-state index in [-0.39, 0.29) is 28.6 Å². The number of rotatable bonds is 3. The summed E-state index contributed by atoms with van der Waals surface area (Å²) in [5, 5.41) is 11.1. The van der Waals surface area contributed by atoms with E-state index in [4.69, 9.17) is 4.74 Å². The van der Waals surface area contributed by atoms with Gasteiger partial charge in [-0.15, -0.1) is 0 Å². The second-order valence-corrected chi connectivity index (χ2v) is 6.50. The van der Waals surface area contributed by atoms with Gasteiger partial charge in [0.2, 0.25) is 0 Å². The van der Waals surface area contributed by atoms with E-state index in [1.165, 1.54) is 25.4 Å². The first kappa shape index (κ1) is 18.4. The molecule has 8 nitrogen and oxygen atoms in total. The van der Waals surface area contributed by atoms with Crippen molar-refractivity contribution >= 4 is 22.8 Å². The summed E-state index contributed by atoms with van der Waals surface area (Å²) in [5.74, 6) is -1.20. The Bertz CT molecular complexity index is 896. The van der Waals surface area contributed by atoms with Crippen molar-refractivity contribution in [3.05, 3.63) is 40.1 Å². The lowest BCUT2D eigenvalue weighted by molar-refractivity contribution is 0.0535. The maximum atomic E-state index is 12.9. The molecule has 0 unspecified atom stereocenters. The second kappa shape index (κ2) is 6.54. The molecule has 0 saturated heterocycles. The Balaban J connectivity index is 2.78. The van der Waals surface area contributed by atoms with Gasteiger partial charge in [-0.2, -0.15) is 0 Å². The van der Waals surface area contributed by atoms with Crippen LogP contribution in [0.3, 0.4) is 0 Å². The van der Waals surface area contributed by atoms with Crippen LogP contribution < -0.4 is 10.6 Å². The Morgan fingerprint density at radius 3 is 2.48 bits per heavy atom. The third kappa shape index (κ3) is 3.47. The molecule has 0 fully saturated rings. The number of carbonyl (C=O) groups excluding carboxylic acids is 1. The van der Waals surface area contributed by atoms with Crippen molar-refractivity contribution in [3.8, 4) is 0 Å². The van der Waals surface area contributed by atoms with Crippen LogP contribution in [0.15, 0.2) is 23.3 Å². The quantitative estimate of drug-likeness (QED) is 0.914. The Labute approximate surface area is 144 Å². The van der Waals surface area contributed by atoms with E-state index in [2.05, 4.69) is 4.98 Å². The molecule has 8 heteroatoms. The third-order valence-corrected chi connectivity index (χ3v) is 3.55. The van der Waals surface area contributed by atoms with Gasteiger partial charge in [0, 0.05) is 24.3 Å². The predicted octanol–water partition coefficient (Wildman–Crippen LogP) is 2.30. The lowest BCUT2D eigenvalue weighted by Gasteiger charge is -2.29. The molecular weight excluding hydrogens is 326 g/mol. The fourth-order valence-electron chi connectivity index (χ4n) is 2.57. The van der Waals surface area contributed by atoms with Gasteiger partial charge in [-0.05, 0) is 40.7 Å². The maximum absolute atomic E-state index is 12.9. The second-order valence-electron chi connectivity index (χ2n) is 6.50. The van der Waals surface area contributed by atoms with Crippen LogP contribution in [0, 0.1) is 6.92 Å². The monoisotopic (exact) mass is 347 g/mol. The Morgan fingerprint density at radius 1 is 1.32 bits per heavy atom. The molecule has 0 radical (unpaired) electrons. The lowest BCUT2D eigenvalue weighted by atomic mass is 10.1. The van der Waals surface area contributed by atoms with Crippen LogP contribution in [0.25, 0.3) is 10.8 Å². The van der Waals surface area contributed by atoms with Crippen LogP contribution in [0.1, 0.15) is 43.7 Å². The van der Waals surface area contributed by atoms with Crippen LogP contribution >= 0.6 is 0 Å². The summed E-state index contributed by atoms with van der Waals surface area (Å²) >= 11 is 0. The smallest absolute Gasteiger partial charge is 0.429 e. The highest BCUT2D eigenvalue weighted by molar-refractivity contribution is 6.04. The van der Waals surface area contributed by atoms with Gasteiger partial charge in [-0.3, -0.25) is 9.78 Å². The lowest BCUT2D eigenvalue weighted by Crippen LogP contribution is -2.50. The molecule has 134 valence electrons. The van der Waals surface area contributed by atoms with Gasteiger partial charge in [0.15, 0.2) is 0 Å². The van der Waals surface area contributed by atoms with Crippen LogP contribution in [0.4, 0.5) is 4.79 Å². The first-order valence-corrected chi connectivity index (χ1v) is 7.82. The summed E-state index contributed by atoms with van der Waals surface area (Å²) in [6.45, 7) is 8.41. The summed E-state index contributed by atoms with van der Waals surface area (Å²) in [5.41, 5.74) is -1.21. The van der Waals surface area contributed by atoms with E-state index >= 15 is 0 Å². The van der Waals surface area contributed by atoms with Gasteiger partial charge >= 0.3 is 12.1 Å². The van der Waals surface area contributed by atoms with Gasteiger partial charge in [-0.25, -0.2) is 19.3 Å². The molecule has 0 spiro atoms. The first-order valence-electron chi connectivity index (χ1n) is 7.82. The molecule has 0 aliphatic heterocycles. The molecule has 0 atom stereocenters. The number of fused-ring (bicyclic) bond motifs is 1. The number of carboxylic acids is 1. The number of hydrogen-bond donors (Lipinski definition) is 1. The number of amides is 1. The zero-order valence-electron chi connectivity index (χ0n) is 14.9. The number of nitrogens with zero attached hydrogens (tertiary/aromatic N) is 3. The number of pyridine rings is 2. The number of aromatic nitrogens is 2. The van der Waals surface area contributed by atoms with Crippen molar-refractivity contribution in [1.82, 2.24) is 9.66 Å². The predicted molar refractivity (Wildman–Crippen MR) is 92.7 cm³/mol. The average Bonchev–Trinajstić information content (AvgIpc) is 2.49. The summed E-state index contributed by atoms with van der Waals surface area (Å²) in [7, 11) is 0. The normalized spacial score (nSPS) is 11.4. The van der Waals surface area contributed by atoms with Crippen molar-refractivity contribution in [1.29, 1.82) is 0 Å². The molecular formula is C17H21N3O5. The summed E-state index contributed by atoms with van der Waals surface area (Å²) in [4.78, 5) is 41.0. The minimum absolute atomic E-state index is 0.0790. The molecule has 0 aliphatic rings. The Hall–Kier alpha value is -2.90. The van der Waals surface area contributed by atoms with Gasteiger partial charge in [-0.1, -0.05) is 0 Å². The summed E-state index contributed by atoms with van der Waals surface area (Å²) < 4.78 is 6.39. The molecule has 0 aliphatic carbocycles. The van der Waals surface area contributed by atoms with E-state index < -0.39 is 23.2 Å². The SMILES string of the molecule is CCN(C(=O)OC(C)(C)C)n1c(C)c(C(=O)O)c2cnccc2c1=O. The number of carbonyl (C=O) groups is 2. The molecule has 1 N–H and O–H groups in total. The van der Waals surface area contributed by atoms with Crippen molar-refractivity contribution < 1.29 is 19.4 Å². The maximum Gasteiger partial charge on any atom is 0.429 e. The van der Waals surface area contributed by atoms with E-state index in [1.54, 1.807) is 27.7 Å². The van der Waals surface area contributed by atoms with Crippen LogP contribution in [-0.4, -0.2) is 39.0 Å². The summed E-state index contributed by atoms with van der Waals surface area (Å²) in [6.07, 6.45) is 2.00. The average molecular weight is 347 g/mol. The number of ether oxygens (including phenoxy) is 1. The molecule has 0 aromatic carbocycles. The van der Waals surface area contributed by atoms with Gasteiger partial charge in [0.05, 0.1) is 16.6 Å². The van der Waals surface area contributed by atoms with E-state index in [1.807, 2.05) is 0 Å². The highest BCUT2D eigenvalue weighted by Crippen LogP contribution is 2.19. The fraction of sp³-hybridized carbons (Fsp3) is 0.412.